The van der Waals surface area contributed by atoms with Crippen molar-refractivity contribution in [1.82, 2.24) is 14.8 Å². The molecule has 158 valence electrons. The van der Waals surface area contributed by atoms with Crippen LogP contribution >= 0.6 is 0 Å². The second kappa shape index (κ2) is 9.02. The lowest BCUT2D eigenvalue weighted by Gasteiger charge is -2.34. The Balaban J connectivity index is 1.59. The normalized spacial score (nSPS) is 17.1. The molecule has 1 unspecified atom stereocenters. The van der Waals surface area contributed by atoms with Crippen molar-refractivity contribution in [3.05, 3.63) is 48.2 Å². The van der Waals surface area contributed by atoms with Crippen LogP contribution in [0.4, 0.5) is 20.3 Å². The van der Waals surface area contributed by atoms with Gasteiger partial charge in [0.25, 0.3) is 10.0 Å². The van der Waals surface area contributed by atoms with Gasteiger partial charge >= 0.3 is 0 Å². The summed E-state index contributed by atoms with van der Waals surface area (Å²) in [5.41, 5.74) is -0.0631. The van der Waals surface area contributed by atoms with Gasteiger partial charge < -0.3 is 10.2 Å². The predicted octanol–water partition coefficient (Wildman–Crippen LogP) is 2.21. The minimum atomic E-state index is -3.96. The number of piperazine rings is 1. The molecule has 3 rings (SSSR count). The second-order valence-electron chi connectivity index (χ2n) is 7.26. The molecule has 1 aromatic heterocycles. The lowest BCUT2D eigenvalue weighted by Crippen LogP contribution is -2.47. The third-order valence-electron chi connectivity index (χ3n) is 4.74. The second-order valence-corrected chi connectivity index (χ2v) is 8.95. The highest BCUT2D eigenvalue weighted by Gasteiger charge is 2.18. The number of hydrogen-bond acceptors (Lipinski definition) is 6. The molecule has 0 saturated carbocycles. The van der Waals surface area contributed by atoms with E-state index in [1.54, 1.807) is 6.07 Å². The molecule has 0 aliphatic carbocycles. The Kier molecular flexibility index (Phi) is 6.66. The number of benzene rings is 1. The number of anilines is 2. The standard InChI is InChI=1S/C19H25F2N5O2S/c1-14(13-26-9-7-25(2)8-10-26)23-19-6-4-16(12-22-19)29(27,28)24-15-3-5-17(20)18(21)11-15/h3-6,11-12,14,24H,7-10,13H2,1-2H3,(H,22,23). The molecule has 10 heteroatoms. The van der Waals surface area contributed by atoms with Crippen molar-refractivity contribution in [2.45, 2.75) is 17.9 Å². The van der Waals surface area contributed by atoms with E-state index in [2.05, 4.69) is 38.8 Å². The van der Waals surface area contributed by atoms with E-state index in [0.29, 0.717) is 5.82 Å². The molecule has 1 aliphatic rings. The summed E-state index contributed by atoms with van der Waals surface area (Å²) in [5.74, 6) is -1.61. The molecular weight excluding hydrogens is 400 g/mol. The summed E-state index contributed by atoms with van der Waals surface area (Å²) in [7, 11) is -1.85. The third kappa shape index (κ3) is 5.84. The van der Waals surface area contributed by atoms with E-state index < -0.39 is 21.7 Å². The average molecular weight is 426 g/mol. The van der Waals surface area contributed by atoms with Crippen LogP contribution in [-0.2, 0) is 10.0 Å². The number of nitrogens with zero attached hydrogens (tertiary/aromatic N) is 3. The van der Waals surface area contributed by atoms with Gasteiger partial charge in [-0.2, -0.15) is 0 Å². The van der Waals surface area contributed by atoms with Crippen molar-refractivity contribution in [2.75, 3.05) is 49.8 Å². The van der Waals surface area contributed by atoms with Crippen molar-refractivity contribution in [1.29, 1.82) is 0 Å². The summed E-state index contributed by atoms with van der Waals surface area (Å²) in [5, 5.41) is 3.27. The Morgan fingerprint density at radius 2 is 1.83 bits per heavy atom. The maximum Gasteiger partial charge on any atom is 0.263 e. The largest absolute Gasteiger partial charge is 0.366 e. The van der Waals surface area contributed by atoms with Crippen LogP contribution in [0.15, 0.2) is 41.4 Å². The van der Waals surface area contributed by atoms with Crippen LogP contribution in [0.5, 0.6) is 0 Å². The summed E-state index contributed by atoms with van der Waals surface area (Å²) >= 11 is 0. The molecule has 1 saturated heterocycles. The molecule has 2 N–H and O–H groups in total. The van der Waals surface area contributed by atoms with Gasteiger partial charge in [0.05, 0.1) is 5.69 Å². The monoisotopic (exact) mass is 425 g/mol. The Labute approximate surface area is 169 Å². The Bertz CT molecular complexity index is 932. The fraction of sp³-hybridized carbons (Fsp3) is 0.421. The zero-order valence-corrected chi connectivity index (χ0v) is 17.2. The van der Waals surface area contributed by atoms with E-state index in [1.807, 2.05) is 0 Å². The highest BCUT2D eigenvalue weighted by molar-refractivity contribution is 7.92. The first-order valence-electron chi connectivity index (χ1n) is 9.34. The molecule has 7 nitrogen and oxygen atoms in total. The number of hydrogen-bond donors (Lipinski definition) is 2. The highest BCUT2D eigenvalue weighted by atomic mass is 32.2. The third-order valence-corrected chi connectivity index (χ3v) is 6.11. The van der Waals surface area contributed by atoms with Gasteiger partial charge in [0.1, 0.15) is 10.7 Å². The van der Waals surface area contributed by atoms with Gasteiger partial charge in [-0.1, -0.05) is 0 Å². The van der Waals surface area contributed by atoms with Gasteiger partial charge in [0, 0.05) is 51.0 Å². The van der Waals surface area contributed by atoms with Crippen molar-refractivity contribution in [3.63, 3.8) is 0 Å². The summed E-state index contributed by atoms with van der Waals surface area (Å²) in [6.07, 6.45) is 1.23. The van der Waals surface area contributed by atoms with E-state index >= 15 is 0 Å². The average Bonchev–Trinajstić information content (AvgIpc) is 2.67. The number of aromatic nitrogens is 1. The van der Waals surface area contributed by atoms with Gasteiger partial charge in [-0.25, -0.2) is 22.2 Å². The molecular formula is C19H25F2N5O2S. The van der Waals surface area contributed by atoms with E-state index in [1.165, 1.54) is 12.3 Å². The number of nitrogens with one attached hydrogen (secondary N) is 2. The number of likely N-dealkylation sites (N-methyl/N-ethyl adjacent to an activating group) is 1. The topological polar surface area (TPSA) is 77.6 Å². The summed E-state index contributed by atoms with van der Waals surface area (Å²) in [6, 6.07) is 5.95. The van der Waals surface area contributed by atoms with E-state index in [9.17, 15) is 17.2 Å². The minimum Gasteiger partial charge on any atom is -0.366 e. The van der Waals surface area contributed by atoms with Gasteiger partial charge in [0.2, 0.25) is 0 Å². The zero-order valence-electron chi connectivity index (χ0n) is 16.4. The van der Waals surface area contributed by atoms with Crippen LogP contribution < -0.4 is 10.0 Å². The SMILES string of the molecule is CC(CN1CCN(C)CC1)Nc1ccc(S(=O)(=O)Nc2ccc(F)c(F)c2)cn1. The number of pyridine rings is 1. The fourth-order valence-electron chi connectivity index (χ4n) is 3.11. The first-order valence-corrected chi connectivity index (χ1v) is 10.8. The maximum atomic E-state index is 13.3. The Morgan fingerprint density at radius 3 is 2.45 bits per heavy atom. The molecule has 0 amide bonds. The van der Waals surface area contributed by atoms with E-state index in [0.717, 1.165) is 50.9 Å². The molecule has 2 aromatic rings. The van der Waals surface area contributed by atoms with Gasteiger partial charge in [-0.15, -0.1) is 0 Å². The number of halogens is 2. The zero-order chi connectivity index (χ0) is 21.0. The first kappa shape index (κ1) is 21.4. The highest BCUT2D eigenvalue weighted by Crippen LogP contribution is 2.19. The molecule has 0 bridgehead atoms. The summed E-state index contributed by atoms with van der Waals surface area (Å²) < 4.78 is 53.3. The number of rotatable bonds is 7. The predicted molar refractivity (Wildman–Crippen MR) is 108 cm³/mol. The maximum absolute atomic E-state index is 13.3. The van der Waals surface area contributed by atoms with Gasteiger partial charge in [-0.05, 0) is 38.2 Å². The molecule has 0 radical (unpaired) electrons. The molecule has 1 fully saturated rings. The molecule has 0 spiro atoms. The quantitative estimate of drug-likeness (QED) is 0.708. The van der Waals surface area contributed by atoms with Crippen molar-refractivity contribution in [3.8, 4) is 0 Å². The van der Waals surface area contributed by atoms with Crippen LogP contribution in [-0.4, -0.2) is 69.0 Å². The van der Waals surface area contributed by atoms with Crippen LogP contribution in [0.2, 0.25) is 0 Å². The Morgan fingerprint density at radius 1 is 1.10 bits per heavy atom. The Hall–Kier alpha value is -2.30. The van der Waals surface area contributed by atoms with Crippen LogP contribution in [0.3, 0.4) is 0 Å². The van der Waals surface area contributed by atoms with Crippen molar-refractivity contribution in [2.24, 2.45) is 0 Å². The molecule has 1 atom stereocenters. The summed E-state index contributed by atoms with van der Waals surface area (Å²) in [4.78, 5) is 8.77. The van der Waals surface area contributed by atoms with Gasteiger partial charge in [-0.3, -0.25) is 9.62 Å². The van der Waals surface area contributed by atoms with Gasteiger partial charge in [0.15, 0.2) is 11.6 Å². The molecule has 1 aliphatic heterocycles. The van der Waals surface area contributed by atoms with E-state index in [-0.39, 0.29) is 16.6 Å². The molecule has 1 aromatic carbocycles. The minimum absolute atomic E-state index is 0.0631. The fourth-order valence-corrected chi connectivity index (χ4v) is 4.11. The lowest BCUT2D eigenvalue weighted by molar-refractivity contribution is 0.151. The number of sulfonamides is 1. The molecule has 29 heavy (non-hydrogen) atoms. The lowest BCUT2D eigenvalue weighted by atomic mass is 10.2. The van der Waals surface area contributed by atoms with Crippen molar-refractivity contribution < 1.29 is 17.2 Å². The van der Waals surface area contributed by atoms with Crippen LogP contribution in [0.1, 0.15) is 6.92 Å². The smallest absolute Gasteiger partial charge is 0.263 e. The van der Waals surface area contributed by atoms with Crippen LogP contribution in [0, 0.1) is 11.6 Å². The van der Waals surface area contributed by atoms with Crippen LogP contribution in [0.25, 0.3) is 0 Å². The van der Waals surface area contributed by atoms with Crippen molar-refractivity contribution >= 4 is 21.5 Å². The molecule has 2 heterocycles. The first-order chi connectivity index (χ1) is 13.7. The summed E-state index contributed by atoms with van der Waals surface area (Å²) in [6.45, 7) is 7.04. The van der Waals surface area contributed by atoms with E-state index in [4.69, 9.17) is 0 Å².